The predicted molar refractivity (Wildman–Crippen MR) is 111 cm³/mol. The molecule has 0 unspecified atom stereocenters. The van der Waals surface area contributed by atoms with Gasteiger partial charge in [0.25, 0.3) is 11.8 Å². The van der Waals surface area contributed by atoms with Crippen molar-refractivity contribution in [2.24, 2.45) is 0 Å². The first kappa shape index (κ1) is 21.2. The summed E-state index contributed by atoms with van der Waals surface area (Å²) in [6.45, 7) is 2.44. The average molecular weight is 439 g/mol. The van der Waals surface area contributed by atoms with Crippen LogP contribution in [0.15, 0.2) is 48.5 Å². The van der Waals surface area contributed by atoms with Gasteiger partial charge in [0.05, 0.1) is 0 Å². The average Bonchev–Trinajstić information content (AvgIpc) is 3.32. The quantitative estimate of drug-likeness (QED) is 0.519. The van der Waals surface area contributed by atoms with Gasteiger partial charge >= 0.3 is 12.0 Å². The molecule has 10 heteroatoms. The molecule has 0 saturated carbocycles. The summed E-state index contributed by atoms with van der Waals surface area (Å²) in [6, 6.07) is 12.9. The topological polar surface area (TPSA) is 123 Å². The number of hydrogen-bond acceptors (Lipinski definition) is 7. The van der Waals surface area contributed by atoms with Crippen LogP contribution in [0.25, 0.3) is 0 Å². The van der Waals surface area contributed by atoms with Crippen molar-refractivity contribution in [3.63, 3.8) is 0 Å². The lowest BCUT2D eigenvalue weighted by Gasteiger charge is -2.22. The van der Waals surface area contributed by atoms with E-state index in [2.05, 4.69) is 10.6 Å². The van der Waals surface area contributed by atoms with Crippen LogP contribution in [0.1, 0.15) is 19.4 Å². The van der Waals surface area contributed by atoms with Crippen LogP contribution in [0.5, 0.6) is 11.5 Å². The van der Waals surface area contributed by atoms with Gasteiger partial charge in [0.15, 0.2) is 17.6 Å². The van der Waals surface area contributed by atoms with Crippen molar-refractivity contribution in [3.8, 4) is 11.5 Å². The third-order valence-electron chi connectivity index (χ3n) is 5.23. The van der Waals surface area contributed by atoms with Crippen LogP contribution in [-0.4, -0.2) is 48.2 Å². The van der Waals surface area contributed by atoms with Gasteiger partial charge in [0.2, 0.25) is 6.79 Å². The van der Waals surface area contributed by atoms with Crippen LogP contribution in [0.4, 0.5) is 10.5 Å². The summed E-state index contributed by atoms with van der Waals surface area (Å²) >= 11 is 0. The van der Waals surface area contributed by atoms with E-state index < -0.39 is 42.0 Å². The summed E-state index contributed by atoms with van der Waals surface area (Å²) < 4.78 is 15.6. The van der Waals surface area contributed by atoms with Crippen LogP contribution in [-0.2, 0) is 24.7 Å². The Labute approximate surface area is 183 Å². The minimum absolute atomic E-state index is 0.104. The summed E-state index contributed by atoms with van der Waals surface area (Å²) in [5.41, 5.74) is -0.262. The van der Waals surface area contributed by atoms with Crippen molar-refractivity contribution in [1.29, 1.82) is 0 Å². The fourth-order valence-electron chi connectivity index (χ4n) is 3.44. The first-order valence-electron chi connectivity index (χ1n) is 9.87. The molecule has 2 aromatic rings. The zero-order valence-electron chi connectivity index (χ0n) is 17.4. The second-order valence-corrected chi connectivity index (χ2v) is 7.50. The highest BCUT2D eigenvalue weighted by Gasteiger charge is 2.49. The molecule has 0 aliphatic carbocycles. The van der Waals surface area contributed by atoms with Crippen LogP contribution < -0.4 is 20.1 Å². The molecule has 2 aromatic carbocycles. The summed E-state index contributed by atoms with van der Waals surface area (Å²) in [7, 11) is 0. The molecular weight excluding hydrogens is 418 g/mol. The summed E-state index contributed by atoms with van der Waals surface area (Å²) in [5.74, 6) is -0.989. The monoisotopic (exact) mass is 439 g/mol. The Morgan fingerprint density at radius 2 is 1.88 bits per heavy atom. The van der Waals surface area contributed by atoms with Crippen LogP contribution in [0.3, 0.4) is 0 Å². The normalized spacial score (nSPS) is 20.0. The first-order chi connectivity index (χ1) is 15.3. The molecule has 2 N–H and O–H groups in total. The van der Waals surface area contributed by atoms with Crippen LogP contribution >= 0.6 is 0 Å². The number of amides is 4. The maximum Gasteiger partial charge on any atom is 0.327 e. The maximum absolute atomic E-state index is 12.9. The molecule has 2 heterocycles. The standard InChI is InChI=1S/C22H21N3O7/c1-13(19(27)23-15-8-9-16-17(10-15)31-12-30-16)32-18(26)11-25-20(28)22(2,24-21(25)29)14-6-4-3-5-7-14/h3-10,13H,11-12H2,1-2H3,(H,23,27)(H,24,29)/t13-,22+/m1/s1. The van der Waals surface area contributed by atoms with Gasteiger partial charge in [0, 0.05) is 11.8 Å². The third kappa shape index (κ3) is 3.94. The minimum Gasteiger partial charge on any atom is -0.454 e. The number of nitrogens with one attached hydrogen (secondary N) is 2. The Morgan fingerprint density at radius 1 is 1.16 bits per heavy atom. The molecule has 0 aromatic heterocycles. The van der Waals surface area contributed by atoms with Crippen molar-refractivity contribution >= 4 is 29.5 Å². The van der Waals surface area contributed by atoms with Crippen LogP contribution in [0.2, 0.25) is 0 Å². The number of carbonyl (C=O) groups excluding carboxylic acids is 4. The van der Waals surface area contributed by atoms with E-state index in [1.807, 2.05) is 0 Å². The van der Waals surface area contributed by atoms with Gasteiger partial charge in [0.1, 0.15) is 12.1 Å². The predicted octanol–water partition coefficient (Wildman–Crippen LogP) is 1.75. The molecule has 2 atom stereocenters. The molecule has 166 valence electrons. The number of hydrogen-bond donors (Lipinski definition) is 2. The Kier molecular flexibility index (Phi) is 5.43. The van der Waals surface area contributed by atoms with Gasteiger partial charge in [-0.3, -0.25) is 19.3 Å². The van der Waals surface area contributed by atoms with Gasteiger partial charge in [-0.1, -0.05) is 30.3 Å². The highest BCUT2D eigenvalue weighted by molar-refractivity contribution is 6.09. The molecule has 32 heavy (non-hydrogen) atoms. The van der Waals surface area contributed by atoms with Gasteiger partial charge in [-0.15, -0.1) is 0 Å². The fraction of sp³-hybridized carbons (Fsp3) is 0.273. The highest BCUT2D eigenvalue weighted by atomic mass is 16.7. The van der Waals surface area contributed by atoms with Gasteiger partial charge < -0.3 is 24.8 Å². The molecule has 0 spiro atoms. The second-order valence-electron chi connectivity index (χ2n) is 7.50. The van der Waals surface area contributed by atoms with E-state index in [9.17, 15) is 19.2 Å². The van der Waals surface area contributed by atoms with E-state index >= 15 is 0 Å². The number of rotatable bonds is 6. The first-order valence-corrected chi connectivity index (χ1v) is 9.87. The summed E-state index contributed by atoms with van der Waals surface area (Å²) in [6.07, 6.45) is -1.16. The molecule has 4 rings (SSSR count). The lowest BCUT2D eigenvalue weighted by Crippen LogP contribution is -2.42. The van der Waals surface area contributed by atoms with E-state index in [1.54, 1.807) is 55.5 Å². The molecule has 1 saturated heterocycles. The van der Waals surface area contributed by atoms with Crippen LogP contribution in [0, 0.1) is 0 Å². The third-order valence-corrected chi connectivity index (χ3v) is 5.23. The summed E-state index contributed by atoms with van der Waals surface area (Å²) in [5, 5.41) is 5.22. The van der Waals surface area contributed by atoms with Crippen molar-refractivity contribution in [1.82, 2.24) is 10.2 Å². The number of imide groups is 1. The number of benzene rings is 2. The zero-order chi connectivity index (χ0) is 22.9. The number of carbonyl (C=O) groups is 4. The number of ether oxygens (including phenoxy) is 3. The smallest absolute Gasteiger partial charge is 0.327 e. The Hall–Kier alpha value is -4.08. The van der Waals surface area contributed by atoms with E-state index in [-0.39, 0.29) is 6.79 Å². The van der Waals surface area contributed by atoms with Crippen molar-refractivity contribution in [3.05, 3.63) is 54.1 Å². The number of nitrogens with zero attached hydrogens (tertiary/aromatic N) is 1. The highest BCUT2D eigenvalue weighted by Crippen LogP contribution is 2.34. The molecule has 0 bridgehead atoms. The minimum atomic E-state index is -1.29. The molecule has 0 radical (unpaired) electrons. The number of urea groups is 1. The lowest BCUT2D eigenvalue weighted by atomic mass is 9.92. The number of esters is 1. The zero-order valence-corrected chi connectivity index (χ0v) is 17.4. The van der Waals surface area contributed by atoms with Gasteiger partial charge in [-0.2, -0.15) is 0 Å². The van der Waals surface area contributed by atoms with Gasteiger partial charge in [-0.05, 0) is 31.5 Å². The van der Waals surface area contributed by atoms with Crippen molar-refractivity contribution < 1.29 is 33.4 Å². The molecular formula is C22H21N3O7. The number of fused-ring (bicyclic) bond motifs is 1. The van der Waals surface area contributed by atoms with Crippen molar-refractivity contribution in [2.75, 3.05) is 18.7 Å². The lowest BCUT2D eigenvalue weighted by molar-refractivity contribution is -0.155. The molecule has 2 aliphatic heterocycles. The SMILES string of the molecule is C[C@@H](OC(=O)CN1C(=O)N[C@@](C)(c2ccccc2)C1=O)C(=O)Nc1ccc2c(c1)OCO2. The van der Waals surface area contributed by atoms with Gasteiger partial charge in [-0.25, -0.2) is 4.79 Å². The Balaban J connectivity index is 1.35. The van der Waals surface area contributed by atoms with E-state index in [4.69, 9.17) is 14.2 Å². The van der Waals surface area contributed by atoms with E-state index in [0.717, 1.165) is 4.90 Å². The van der Waals surface area contributed by atoms with Crippen molar-refractivity contribution in [2.45, 2.75) is 25.5 Å². The molecule has 1 fully saturated rings. The summed E-state index contributed by atoms with van der Waals surface area (Å²) in [4.78, 5) is 50.7. The molecule has 4 amide bonds. The Morgan fingerprint density at radius 3 is 2.62 bits per heavy atom. The Bertz CT molecular complexity index is 1090. The fourth-order valence-corrected chi connectivity index (χ4v) is 3.44. The van der Waals surface area contributed by atoms with E-state index in [0.29, 0.717) is 22.7 Å². The second kappa shape index (κ2) is 8.22. The maximum atomic E-state index is 12.9. The molecule has 10 nitrogen and oxygen atoms in total. The number of anilines is 1. The van der Waals surface area contributed by atoms with E-state index in [1.165, 1.54) is 6.92 Å². The largest absolute Gasteiger partial charge is 0.454 e. The molecule has 2 aliphatic rings.